The molecule has 1 rings (SSSR count). The van der Waals surface area contributed by atoms with Crippen molar-refractivity contribution in [1.29, 1.82) is 0 Å². The van der Waals surface area contributed by atoms with E-state index in [-0.39, 0.29) is 0 Å². The Hall–Kier alpha value is -0.930. The summed E-state index contributed by atoms with van der Waals surface area (Å²) in [6.07, 6.45) is 6.37. The first-order valence-corrected chi connectivity index (χ1v) is 7.61. The van der Waals surface area contributed by atoms with Crippen LogP contribution in [0, 0.1) is 6.92 Å². The zero-order valence-corrected chi connectivity index (χ0v) is 12.6. The number of pyridine rings is 1. The van der Waals surface area contributed by atoms with Crippen LogP contribution in [0.4, 0.5) is 0 Å². The van der Waals surface area contributed by atoms with Gasteiger partial charge < -0.3 is 5.73 Å². The van der Waals surface area contributed by atoms with Crippen LogP contribution in [0.15, 0.2) is 18.2 Å². The summed E-state index contributed by atoms with van der Waals surface area (Å²) in [4.78, 5) is 7.05. The van der Waals surface area contributed by atoms with Crippen LogP contribution in [0.1, 0.15) is 50.4 Å². The minimum absolute atomic E-state index is 0.833. The summed E-state index contributed by atoms with van der Waals surface area (Å²) in [6, 6.07) is 6.27. The van der Waals surface area contributed by atoms with Crippen molar-refractivity contribution in [3.05, 3.63) is 29.6 Å². The Balaban J connectivity index is 2.22. The zero-order chi connectivity index (χ0) is 13.9. The van der Waals surface area contributed by atoms with Gasteiger partial charge in [-0.3, -0.25) is 9.88 Å². The van der Waals surface area contributed by atoms with Crippen molar-refractivity contribution in [3.8, 4) is 0 Å². The van der Waals surface area contributed by atoms with Crippen molar-refractivity contribution in [1.82, 2.24) is 9.88 Å². The van der Waals surface area contributed by atoms with Gasteiger partial charge in [0.15, 0.2) is 0 Å². The summed E-state index contributed by atoms with van der Waals surface area (Å²) < 4.78 is 0. The van der Waals surface area contributed by atoms with Gasteiger partial charge in [-0.2, -0.15) is 0 Å². The molecule has 0 amide bonds. The van der Waals surface area contributed by atoms with Gasteiger partial charge in [0.1, 0.15) is 0 Å². The maximum absolute atomic E-state index is 5.50. The molecule has 0 aliphatic rings. The van der Waals surface area contributed by atoms with Gasteiger partial charge >= 0.3 is 0 Å². The van der Waals surface area contributed by atoms with E-state index < -0.39 is 0 Å². The van der Waals surface area contributed by atoms with E-state index in [0.29, 0.717) is 0 Å². The standard InChI is InChI=1S/C16H29N3/c1-3-19(13-8-6-4-5-7-12-17)14-16-11-9-10-15(2)18-16/h9-11H,3-8,12-14,17H2,1-2H3. The second kappa shape index (κ2) is 9.93. The minimum Gasteiger partial charge on any atom is -0.330 e. The SMILES string of the molecule is CCN(CCCCCCCN)Cc1cccc(C)n1. The van der Waals surface area contributed by atoms with Crippen LogP contribution < -0.4 is 5.73 Å². The van der Waals surface area contributed by atoms with E-state index in [4.69, 9.17) is 5.73 Å². The van der Waals surface area contributed by atoms with E-state index in [9.17, 15) is 0 Å². The van der Waals surface area contributed by atoms with Gasteiger partial charge in [0.2, 0.25) is 0 Å². The summed E-state index contributed by atoms with van der Waals surface area (Å²) in [6.45, 7) is 8.36. The minimum atomic E-state index is 0.833. The molecule has 0 atom stereocenters. The van der Waals surface area contributed by atoms with Crippen LogP contribution in [-0.4, -0.2) is 29.5 Å². The van der Waals surface area contributed by atoms with Gasteiger partial charge in [-0.1, -0.05) is 32.3 Å². The van der Waals surface area contributed by atoms with E-state index >= 15 is 0 Å². The van der Waals surface area contributed by atoms with E-state index in [1.165, 1.54) is 44.3 Å². The third-order valence-corrected chi connectivity index (χ3v) is 3.46. The van der Waals surface area contributed by atoms with Crippen molar-refractivity contribution >= 4 is 0 Å². The smallest absolute Gasteiger partial charge is 0.0547 e. The predicted octanol–water partition coefficient (Wildman–Crippen LogP) is 3.12. The van der Waals surface area contributed by atoms with E-state index in [1.54, 1.807) is 0 Å². The quantitative estimate of drug-likeness (QED) is 0.659. The monoisotopic (exact) mass is 263 g/mol. The molecule has 108 valence electrons. The molecule has 0 aromatic carbocycles. The molecule has 0 aliphatic carbocycles. The lowest BCUT2D eigenvalue weighted by atomic mass is 10.1. The average molecular weight is 263 g/mol. The van der Waals surface area contributed by atoms with Gasteiger partial charge in [0, 0.05) is 12.2 Å². The summed E-state index contributed by atoms with van der Waals surface area (Å²) in [5.74, 6) is 0. The summed E-state index contributed by atoms with van der Waals surface area (Å²) in [7, 11) is 0. The maximum atomic E-state index is 5.50. The first-order chi connectivity index (χ1) is 9.26. The van der Waals surface area contributed by atoms with Crippen molar-refractivity contribution in [3.63, 3.8) is 0 Å². The first-order valence-electron chi connectivity index (χ1n) is 7.61. The highest BCUT2D eigenvalue weighted by Crippen LogP contribution is 2.07. The van der Waals surface area contributed by atoms with E-state index in [1.807, 2.05) is 0 Å². The molecule has 1 aromatic heterocycles. The van der Waals surface area contributed by atoms with Crippen molar-refractivity contribution in [2.75, 3.05) is 19.6 Å². The Morgan fingerprint density at radius 2 is 1.84 bits per heavy atom. The van der Waals surface area contributed by atoms with E-state index in [2.05, 4.69) is 41.9 Å². The molecule has 0 fully saturated rings. The Kier molecular flexibility index (Phi) is 8.43. The van der Waals surface area contributed by atoms with Gasteiger partial charge in [-0.15, -0.1) is 0 Å². The van der Waals surface area contributed by atoms with Crippen LogP contribution >= 0.6 is 0 Å². The summed E-state index contributed by atoms with van der Waals surface area (Å²) in [5.41, 5.74) is 7.79. The highest BCUT2D eigenvalue weighted by Gasteiger charge is 2.04. The topological polar surface area (TPSA) is 42.1 Å². The van der Waals surface area contributed by atoms with Crippen LogP contribution in [-0.2, 0) is 6.54 Å². The molecule has 0 aliphatic heterocycles. The highest BCUT2D eigenvalue weighted by atomic mass is 15.1. The van der Waals surface area contributed by atoms with Crippen molar-refractivity contribution in [2.45, 2.75) is 52.5 Å². The number of nitrogens with zero attached hydrogens (tertiary/aromatic N) is 2. The van der Waals surface area contributed by atoms with Gasteiger partial charge in [0.25, 0.3) is 0 Å². The molecule has 19 heavy (non-hydrogen) atoms. The number of nitrogens with two attached hydrogens (primary N) is 1. The molecule has 0 spiro atoms. The third kappa shape index (κ3) is 7.28. The lowest BCUT2D eigenvalue weighted by Gasteiger charge is -2.20. The predicted molar refractivity (Wildman–Crippen MR) is 82.1 cm³/mol. The van der Waals surface area contributed by atoms with Gasteiger partial charge in [0.05, 0.1) is 5.69 Å². The van der Waals surface area contributed by atoms with Gasteiger partial charge in [-0.25, -0.2) is 0 Å². The van der Waals surface area contributed by atoms with Crippen molar-refractivity contribution < 1.29 is 0 Å². The molecule has 0 saturated carbocycles. The Labute approximate surface area is 118 Å². The number of aryl methyl sites for hydroxylation is 1. The molecule has 3 nitrogen and oxygen atoms in total. The highest BCUT2D eigenvalue weighted by molar-refractivity contribution is 5.09. The molecule has 0 unspecified atom stereocenters. The largest absolute Gasteiger partial charge is 0.330 e. The molecule has 1 aromatic rings. The summed E-state index contributed by atoms with van der Waals surface area (Å²) >= 11 is 0. The lowest BCUT2D eigenvalue weighted by Crippen LogP contribution is -2.24. The Bertz CT molecular complexity index is 339. The second-order valence-corrected chi connectivity index (χ2v) is 5.20. The molecule has 0 bridgehead atoms. The molecular weight excluding hydrogens is 234 g/mol. The molecule has 2 N–H and O–H groups in total. The molecule has 0 radical (unpaired) electrons. The Morgan fingerprint density at radius 3 is 2.53 bits per heavy atom. The van der Waals surface area contributed by atoms with E-state index in [0.717, 1.165) is 25.3 Å². The van der Waals surface area contributed by atoms with Crippen LogP contribution in [0.3, 0.4) is 0 Å². The van der Waals surface area contributed by atoms with Crippen LogP contribution in [0.25, 0.3) is 0 Å². The maximum Gasteiger partial charge on any atom is 0.0547 e. The summed E-state index contributed by atoms with van der Waals surface area (Å²) in [5, 5.41) is 0. The fourth-order valence-electron chi connectivity index (χ4n) is 2.28. The number of aromatic nitrogens is 1. The molecule has 3 heteroatoms. The normalized spacial score (nSPS) is 11.2. The van der Waals surface area contributed by atoms with Crippen LogP contribution in [0.2, 0.25) is 0 Å². The number of rotatable bonds is 10. The first kappa shape index (κ1) is 16.1. The molecular formula is C16H29N3. The Morgan fingerprint density at radius 1 is 1.11 bits per heavy atom. The lowest BCUT2D eigenvalue weighted by molar-refractivity contribution is 0.269. The fourth-order valence-corrected chi connectivity index (χ4v) is 2.28. The fraction of sp³-hybridized carbons (Fsp3) is 0.688. The number of hydrogen-bond acceptors (Lipinski definition) is 3. The van der Waals surface area contributed by atoms with Crippen molar-refractivity contribution in [2.24, 2.45) is 5.73 Å². The zero-order valence-electron chi connectivity index (χ0n) is 12.6. The van der Waals surface area contributed by atoms with Gasteiger partial charge in [-0.05, 0) is 51.5 Å². The van der Waals surface area contributed by atoms with Crippen LogP contribution in [0.5, 0.6) is 0 Å². The average Bonchev–Trinajstić information content (AvgIpc) is 2.41. The molecule has 0 saturated heterocycles. The third-order valence-electron chi connectivity index (χ3n) is 3.46. The molecule has 1 heterocycles. The number of hydrogen-bond donors (Lipinski definition) is 1. The number of unbranched alkanes of at least 4 members (excludes halogenated alkanes) is 4. The second-order valence-electron chi connectivity index (χ2n) is 5.20.